The molecule has 2 heterocycles. The van der Waals surface area contributed by atoms with Gasteiger partial charge in [-0.1, -0.05) is 0 Å². The molecule has 0 radical (unpaired) electrons. The molecule has 0 unspecified atom stereocenters. The van der Waals surface area contributed by atoms with Crippen LogP contribution < -0.4 is 0 Å². The van der Waals surface area contributed by atoms with Crippen molar-refractivity contribution < 1.29 is 14.3 Å². The van der Waals surface area contributed by atoms with Crippen molar-refractivity contribution in [1.82, 2.24) is 10.2 Å². The highest BCUT2D eigenvalue weighted by atomic mass is 32.1. The summed E-state index contributed by atoms with van der Waals surface area (Å²) in [4.78, 5) is 11.6. The van der Waals surface area contributed by atoms with Crippen LogP contribution in [0.1, 0.15) is 10.5 Å². The molecule has 0 spiro atoms. The van der Waals surface area contributed by atoms with E-state index in [1.165, 1.54) is 29.5 Å². The Morgan fingerprint density at radius 3 is 2.89 bits per heavy atom. The number of hydrogen-bond donors (Lipinski definition) is 2. The summed E-state index contributed by atoms with van der Waals surface area (Å²) in [5.74, 6) is -1.37. The maximum absolute atomic E-state index is 13.1. The standard InChI is InChI=1S/C12H7FN2O2S/c13-7-1-2-10-6(3-7)4-11(18-10)8-5-9(12(16)17)15-14-8/h1-5H,(H,14,15)(H,16,17). The van der Waals surface area contributed by atoms with Crippen molar-refractivity contribution in [2.75, 3.05) is 0 Å². The number of H-pyrrole nitrogens is 1. The minimum absolute atomic E-state index is 0.0337. The Hall–Kier alpha value is -2.21. The Morgan fingerprint density at radius 2 is 2.17 bits per heavy atom. The number of nitrogens with one attached hydrogen (secondary N) is 1. The lowest BCUT2D eigenvalue weighted by Crippen LogP contribution is -1.95. The van der Waals surface area contributed by atoms with Crippen molar-refractivity contribution in [3.05, 3.63) is 41.8 Å². The minimum atomic E-state index is -1.08. The van der Waals surface area contributed by atoms with E-state index in [4.69, 9.17) is 5.11 Å². The van der Waals surface area contributed by atoms with E-state index >= 15 is 0 Å². The van der Waals surface area contributed by atoms with Crippen LogP contribution in [-0.2, 0) is 0 Å². The number of aromatic nitrogens is 2. The van der Waals surface area contributed by atoms with Crippen molar-refractivity contribution >= 4 is 27.4 Å². The Morgan fingerprint density at radius 1 is 1.33 bits per heavy atom. The van der Waals surface area contributed by atoms with Gasteiger partial charge in [-0.25, -0.2) is 9.18 Å². The molecular weight excluding hydrogens is 255 g/mol. The Labute approximate surface area is 105 Å². The van der Waals surface area contributed by atoms with Gasteiger partial charge in [-0.15, -0.1) is 11.3 Å². The van der Waals surface area contributed by atoms with Gasteiger partial charge < -0.3 is 5.11 Å². The minimum Gasteiger partial charge on any atom is -0.476 e. The normalized spacial score (nSPS) is 10.9. The molecule has 3 rings (SSSR count). The van der Waals surface area contributed by atoms with Gasteiger partial charge in [0.25, 0.3) is 0 Å². The van der Waals surface area contributed by atoms with E-state index < -0.39 is 5.97 Å². The lowest BCUT2D eigenvalue weighted by atomic mass is 10.2. The topological polar surface area (TPSA) is 66.0 Å². The van der Waals surface area contributed by atoms with Gasteiger partial charge in [0.05, 0.1) is 10.6 Å². The molecule has 0 aliphatic rings. The molecule has 0 aliphatic carbocycles. The third-order valence-corrected chi connectivity index (χ3v) is 3.69. The molecule has 3 aromatic rings. The number of rotatable bonds is 2. The van der Waals surface area contributed by atoms with E-state index in [1.807, 2.05) is 6.07 Å². The van der Waals surface area contributed by atoms with Crippen LogP contribution in [0.4, 0.5) is 4.39 Å². The van der Waals surface area contributed by atoms with Crippen molar-refractivity contribution in [3.63, 3.8) is 0 Å². The number of carboxylic acids is 1. The number of fused-ring (bicyclic) bond motifs is 1. The SMILES string of the molecule is O=C(O)c1cc(-c2cc3cc(F)ccc3s2)[nH]n1. The third-order valence-electron chi connectivity index (χ3n) is 2.54. The van der Waals surface area contributed by atoms with Gasteiger partial charge in [-0.05, 0) is 35.7 Å². The first-order valence-electron chi connectivity index (χ1n) is 5.11. The average Bonchev–Trinajstić information content (AvgIpc) is 2.93. The number of aromatic carboxylic acids is 1. The average molecular weight is 262 g/mol. The van der Waals surface area contributed by atoms with E-state index in [0.717, 1.165) is 15.0 Å². The number of benzene rings is 1. The molecule has 0 atom stereocenters. The number of carboxylic acid groups (broad SMARTS) is 1. The number of thiophene rings is 1. The first kappa shape index (κ1) is 10.9. The second-order valence-electron chi connectivity index (χ2n) is 3.76. The fourth-order valence-corrected chi connectivity index (χ4v) is 2.71. The van der Waals surface area contributed by atoms with Crippen molar-refractivity contribution in [2.45, 2.75) is 0 Å². The summed E-state index contributed by atoms with van der Waals surface area (Å²) >= 11 is 1.45. The van der Waals surface area contributed by atoms with E-state index in [9.17, 15) is 9.18 Å². The Kier molecular flexibility index (Phi) is 2.38. The molecule has 90 valence electrons. The predicted octanol–water partition coefficient (Wildman–Crippen LogP) is 3.13. The molecular formula is C12H7FN2O2S. The maximum Gasteiger partial charge on any atom is 0.356 e. The summed E-state index contributed by atoms with van der Waals surface area (Å²) in [5.41, 5.74) is 0.586. The highest BCUT2D eigenvalue weighted by molar-refractivity contribution is 7.22. The molecule has 1 aromatic carbocycles. The fraction of sp³-hybridized carbons (Fsp3) is 0. The number of aromatic amines is 1. The molecule has 0 fully saturated rings. The zero-order valence-electron chi connectivity index (χ0n) is 8.98. The van der Waals surface area contributed by atoms with Gasteiger partial charge in [-0.2, -0.15) is 5.10 Å². The van der Waals surface area contributed by atoms with Crippen LogP contribution in [0.15, 0.2) is 30.3 Å². The van der Waals surface area contributed by atoms with Gasteiger partial charge in [-0.3, -0.25) is 5.10 Å². The zero-order chi connectivity index (χ0) is 12.7. The first-order valence-corrected chi connectivity index (χ1v) is 5.93. The molecule has 0 aliphatic heterocycles. The molecule has 0 saturated carbocycles. The van der Waals surface area contributed by atoms with Crippen LogP contribution in [0.3, 0.4) is 0 Å². The van der Waals surface area contributed by atoms with E-state index in [-0.39, 0.29) is 11.5 Å². The van der Waals surface area contributed by atoms with E-state index in [2.05, 4.69) is 10.2 Å². The van der Waals surface area contributed by atoms with E-state index in [1.54, 1.807) is 6.07 Å². The Balaban J connectivity index is 2.10. The lowest BCUT2D eigenvalue weighted by Gasteiger charge is -1.86. The summed E-state index contributed by atoms with van der Waals surface area (Å²) in [6.07, 6.45) is 0. The molecule has 6 heteroatoms. The number of halogens is 1. The summed E-state index contributed by atoms with van der Waals surface area (Å²) in [6, 6.07) is 7.82. The van der Waals surface area contributed by atoms with Crippen molar-refractivity contribution in [2.24, 2.45) is 0 Å². The molecule has 2 aromatic heterocycles. The summed E-state index contributed by atoms with van der Waals surface area (Å²) in [5, 5.41) is 15.9. The van der Waals surface area contributed by atoms with Crippen LogP contribution in [0.5, 0.6) is 0 Å². The quantitative estimate of drug-likeness (QED) is 0.745. The van der Waals surface area contributed by atoms with Crippen LogP contribution in [0, 0.1) is 5.82 Å². The number of nitrogens with zero attached hydrogens (tertiary/aromatic N) is 1. The smallest absolute Gasteiger partial charge is 0.356 e. The highest BCUT2D eigenvalue weighted by Gasteiger charge is 2.11. The number of hydrogen-bond acceptors (Lipinski definition) is 3. The molecule has 18 heavy (non-hydrogen) atoms. The molecule has 0 amide bonds. The van der Waals surface area contributed by atoms with Gasteiger partial charge in [0.15, 0.2) is 5.69 Å². The summed E-state index contributed by atoms with van der Waals surface area (Å²) < 4.78 is 14.0. The molecule has 0 saturated heterocycles. The van der Waals surface area contributed by atoms with Crippen LogP contribution in [-0.4, -0.2) is 21.3 Å². The molecule has 2 N–H and O–H groups in total. The molecule has 4 nitrogen and oxygen atoms in total. The zero-order valence-corrected chi connectivity index (χ0v) is 9.79. The van der Waals surface area contributed by atoms with Crippen LogP contribution in [0.2, 0.25) is 0 Å². The largest absolute Gasteiger partial charge is 0.476 e. The van der Waals surface area contributed by atoms with Crippen molar-refractivity contribution in [1.29, 1.82) is 0 Å². The molecule has 0 bridgehead atoms. The van der Waals surface area contributed by atoms with Crippen LogP contribution >= 0.6 is 11.3 Å². The lowest BCUT2D eigenvalue weighted by molar-refractivity contribution is 0.0690. The van der Waals surface area contributed by atoms with Gasteiger partial charge >= 0.3 is 5.97 Å². The van der Waals surface area contributed by atoms with Gasteiger partial charge in [0.2, 0.25) is 0 Å². The second kappa shape index (κ2) is 3.92. The van der Waals surface area contributed by atoms with Gasteiger partial charge in [0.1, 0.15) is 5.82 Å². The maximum atomic E-state index is 13.1. The Bertz CT molecular complexity index is 747. The fourth-order valence-electron chi connectivity index (χ4n) is 1.70. The summed E-state index contributed by atoms with van der Waals surface area (Å²) in [6.45, 7) is 0. The predicted molar refractivity (Wildman–Crippen MR) is 66.3 cm³/mol. The van der Waals surface area contributed by atoms with E-state index in [0.29, 0.717) is 5.69 Å². The van der Waals surface area contributed by atoms with Gasteiger partial charge in [0, 0.05) is 4.70 Å². The first-order chi connectivity index (χ1) is 8.63. The number of carbonyl (C=O) groups is 1. The third kappa shape index (κ3) is 1.76. The van der Waals surface area contributed by atoms with Crippen molar-refractivity contribution in [3.8, 4) is 10.6 Å². The summed E-state index contributed by atoms with van der Waals surface area (Å²) in [7, 11) is 0. The van der Waals surface area contributed by atoms with Crippen LogP contribution in [0.25, 0.3) is 20.7 Å². The second-order valence-corrected chi connectivity index (χ2v) is 4.85. The monoisotopic (exact) mass is 262 g/mol. The highest BCUT2D eigenvalue weighted by Crippen LogP contribution is 2.33.